The van der Waals surface area contributed by atoms with E-state index in [1.807, 2.05) is 55.4 Å². The van der Waals surface area contributed by atoms with Crippen molar-refractivity contribution < 1.29 is 9.47 Å². The maximum atomic E-state index is 5.62. The first kappa shape index (κ1) is 15.5. The standard InChI is InChI=1S/C12H26N2O2/c1-9(2)15-11(5,6)13-14-12(7,8)16-10(3)4/h9-10H,1-8H3. The van der Waals surface area contributed by atoms with Gasteiger partial charge in [-0.3, -0.25) is 0 Å². The highest BCUT2D eigenvalue weighted by Gasteiger charge is 2.23. The maximum Gasteiger partial charge on any atom is 0.173 e. The number of hydrogen-bond acceptors (Lipinski definition) is 4. The molecular formula is C12H26N2O2. The van der Waals surface area contributed by atoms with Crippen molar-refractivity contribution in [2.45, 2.75) is 79.0 Å². The predicted octanol–water partition coefficient (Wildman–Crippen LogP) is 3.76. The second-order valence-electron chi connectivity index (χ2n) is 5.43. The summed E-state index contributed by atoms with van der Waals surface area (Å²) in [6, 6.07) is 0. The van der Waals surface area contributed by atoms with E-state index < -0.39 is 11.4 Å². The summed E-state index contributed by atoms with van der Waals surface area (Å²) in [7, 11) is 0. The lowest BCUT2D eigenvalue weighted by Gasteiger charge is -2.26. The zero-order valence-corrected chi connectivity index (χ0v) is 11.9. The Morgan fingerprint density at radius 1 is 0.688 bits per heavy atom. The largest absolute Gasteiger partial charge is 0.350 e. The number of ether oxygens (including phenoxy) is 2. The van der Waals surface area contributed by atoms with E-state index in [1.165, 1.54) is 0 Å². The average Bonchev–Trinajstić information content (AvgIpc) is 1.96. The molecule has 0 aliphatic rings. The minimum atomic E-state index is -0.605. The summed E-state index contributed by atoms with van der Waals surface area (Å²) in [5, 5.41) is 8.40. The molecule has 0 aliphatic heterocycles. The quantitative estimate of drug-likeness (QED) is 0.652. The molecule has 4 heteroatoms. The van der Waals surface area contributed by atoms with Crippen molar-refractivity contribution in [1.82, 2.24) is 0 Å². The van der Waals surface area contributed by atoms with Gasteiger partial charge in [-0.2, -0.15) is 10.2 Å². The van der Waals surface area contributed by atoms with Crippen LogP contribution < -0.4 is 0 Å². The van der Waals surface area contributed by atoms with E-state index in [-0.39, 0.29) is 12.2 Å². The van der Waals surface area contributed by atoms with Crippen LogP contribution in [-0.4, -0.2) is 23.7 Å². The molecule has 0 saturated carbocycles. The van der Waals surface area contributed by atoms with Crippen molar-refractivity contribution in [3.05, 3.63) is 0 Å². The van der Waals surface area contributed by atoms with Crippen LogP contribution in [-0.2, 0) is 9.47 Å². The van der Waals surface area contributed by atoms with Crippen molar-refractivity contribution in [1.29, 1.82) is 0 Å². The van der Waals surface area contributed by atoms with Gasteiger partial charge in [0.05, 0.1) is 12.2 Å². The predicted molar refractivity (Wildman–Crippen MR) is 65.5 cm³/mol. The highest BCUT2D eigenvalue weighted by atomic mass is 16.5. The molecule has 0 N–H and O–H groups in total. The topological polar surface area (TPSA) is 43.2 Å². The third-order valence-electron chi connectivity index (χ3n) is 1.58. The molecule has 0 aromatic heterocycles. The van der Waals surface area contributed by atoms with Gasteiger partial charge in [0.1, 0.15) is 0 Å². The molecule has 0 rings (SSSR count). The Morgan fingerprint density at radius 2 is 0.938 bits per heavy atom. The summed E-state index contributed by atoms with van der Waals surface area (Å²) < 4.78 is 11.2. The SMILES string of the molecule is CC(C)OC(C)(C)N=NC(C)(C)OC(C)C. The second kappa shape index (κ2) is 5.73. The lowest BCUT2D eigenvalue weighted by Crippen LogP contribution is -2.29. The van der Waals surface area contributed by atoms with Gasteiger partial charge in [0, 0.05) is 0 Å². The minimum absolute atomic E-state index is 0.128. The first-order valence-electron chi connectivity index (χ1n) is 5.84. The van der Waals surface area contributed by atoms with Gasteiger partial charge in [0.2, 0.25) is 0 Å². The van der Waals surface area contributed by atoms with Crippen LogP contribution in [0.25, 0.3) is 0 Å². The Kier molecular flexibility index (Phi) is 5.56. The fourth-order valence-corrected chi connectivity index (χ4v) is 1.44. The average molecular weight is 230 g/mol. The molecule has 0 unspecified atom stereocenters. The Labute approximate surface area is 99.4 Å². The van der Waals surface area contributed by atoms with Crippen molar-refractivity contribution in [3.8, 4) is 0 Å². The lowest BCUT2D eigenvalue weighted by molar-refractivity contribution is -0.0795. The highest BCUT2D eigenvalue weighted by molar-refractivity contribution is 4.69. The first-order chi connectivity index (χ1) is 7.04. The van der Waals surface area contributed by atoms with Crippen LogP contribution in [0.3, 0.4) is 0 Å². The molecule has 0 spiro atoms. The zero-order valence-electron chi connectivity index (χ0n) is 11.9. The summed E-state index contributed by atoms with van der Waals surface area (Å²) in [6.45, 7) is 15.5. The van der Waals surface area contributed by atoms with Crippen LogP contribution in [0.5, 0.6) is 0 Å². The van der Waals surface area contributed by atoms with Crippen LogP contribution in [0, 0.1) is 0 Å². The molecule has 0 aromatic carbocycles. The smallest absolute Gasteiger partial charge is 0.173 e. The van der Waals surface area contributed by atoms with Gasteiger partial charge in [-0.15, -0.1) is 0 Å². The van der Waals surface area contributed by atoms with Crippen molar-refractivity contribution in [3.63, 3.8) is 0 Å². The zero-order chi connectivity index (χ0) is 13.0. The second-order valence-corrected chi connectivity index (χ2v) is 5.43. The van der Waals surface area contributed by atoms with E-state index >= 15 is 0 Å². The highest BCUT2D eigenvalue weighted by Crippen LogP contribution is 2.20. The summed E-state index contributed by atoms with van der Waals surface area (Å²) in [4.78, 5) is 0. The Balaban J connectivity index is 4.45. The maximum absolute atomic E-state index is 5.62. The summed E-state index contributed by atoms with van der Waals surface area (Å²) in [6.07, 6.45) is 0.256. The molecule has 0 aliphatic carbocycles. The Hall–Kier alpha value is -0.480. The molecule has 0 amide bonds. The van der Waals surface area contributed by atoms with Gasteiger partial charge in [0.25, 0.3) is 0 Å². The van der Waals surface area contributed by atoms with Gasteiger partial charge in [-0.25, -0.2) is 0 Å². The van der Waals surface area contributed by atoms with Crippen molar-refractivity contribution in [2.24, 2.45) is 10.2 Å². The molecule has 4 nitrogen and oxygen atoms in total. The molecule has 0 fully saturated rings. The van der Waals surface area contributed by atoms with Crippen LogP contribution in [0.15, 0.2) is 10.2 Å². The summed E-state index contributed by atoms with van der Waals surface area (Å²) >= 11 is 0. The fourth-order valence-electron chi connectivity index (χ4n) is 1.44. The number of azo groups is 1. The van der Waals surface area contributed by atoms with Crippen LogP contribution >= 0.6 is 0 Å². The summed E-state index contributed by atoms with van der Waals surface area (Å²) in [5.74, 6) is 0. The van der Waals surface area contributed by atoms with Gasteiger partial charge in [-0.1, -0.05) is 0 Å². The van der Waals surface area contributed by atoms with Crippen LogP contribution in [0.1, 0.15) is 55.4 Å². The number of hydrogen-bond donors (Lipinski definition) is 0. The Morgan fingerprint density at radius 3 is 1.12 bits per heavy atom. The van der Waals surface area contributed by atoms with Gasteiger partial charge in [-0.05, 0) is 55.4 Å². The Bertz CT molecular complexity index is 209. The van der Waals surface area contributed by atoms with E-state index in [2.05, 4.69) is 10.2 Å². The van der Waals surface area contributed by atoms with E-state index in [0.717, 1.165) is 0 Å². The minimum Gasteiger partial charge on any atom is -0.350 e. The number of nitrogens with zero attached hydrogens (tertiary/aromatic N) is 2. The molecule has 16 heavy (non-hydrogen) atoms. The van der Waals surface area contributed by atoms with Crippen LogP contribution in [0.2, 0.25) is 0 Å². The third-order valence-corrected chi connectivity index (χ3v) is 1.58. The van der Waals surface area contributed by atoms with Crippen molar-refractivity contribution in [2.75, 3.05) is 0 Å². The van der Waals surface area contributed by atoms with Gasteiger partial charge < -0.3 is 9.47 Å². The van der Waals surface area contributed by atoms with Gasteiger partial charge in [0.15, 0.2) is 11.4 Å². The number of rotatable bonds is 6. The van der Waals surface area contributed by atoms with Crippen molar-refractivity contribution >= 4 is 0 Å². The molecule has 0 radical (unpaired) electrons. The molecule has 0 bridgehead atoms. The molecule has 0 aromatic rings. The third kappa shape index (κ3) is 7.77. The normalized spacial score (nSPS) is 14.4. The molecular weight excluding hydrogens is 204 g/mol. The molecule has 96 valence electrons. The van der Waals surface area contributed by atoms with E-state index in [0.29, 0.717) is 0 Å². The van der Waals surface area contributed by atoms with E-state index in [4.69, 9.17) is 9.47 Å². The fraction of sp³-hybridized carbons (Fsp3) is 1.00. The van der Waals surface area contributed by atoms with Gasteiger partial charge >= 0.3 is 0 Å². The first-order valence-corrected chi connectivity index (χ1v) is 5.84. The molecule has 0 atom stereocenters. The van der Waals surface area contributed by atoms with Crippen LogP contribution in [0.4, 0.5) is 0 Å². The lowest BCUT2D eigenvalue weighted by atomic mass is 10.3. The molecule has 0 heterocycles. The van der Waals surface area contributed by atoms with E-state index in [1.54, 1.807) is 0 Å². The summed E-state index contributed by atoms with van der Waals surface area (Å²) in [5.41, 5.74) is -1.21. The monoisotopic (exact) mass is 230 g/mol. The van der Waals surface area contributed by atoms with E-state index in [9.17, 15) is 0 Å². The molecule has 0 saturated heterocycles.